The number of halogens is 3. The summed E-state index contributed by atoms with van der Waals surface area (Å²) in [5.41, 5.74) is 11.4. The molecule has 35 heavy (non-hydrogen) atoms. The van der Waals surface area contributed by atoms with Crippen molar-refractivity contribution in [2.75, 3.05) is 19.8 Å². The second-order valence-corrected chi connectivity index (χ2v) is 9.10. The van der Waals surface area contributed by atoms with E-state index in [4.69, 9.17) is 20.6 Å². The average molecular weight is 516 g/mol. The number of pyridine rings is 1. The van der Waals surface area contributed by atoms with Gasteiger partial charge in [-0.05, 0) is 44.4 Å². The van der Waals surface area contributed by atoms with E-state index < -0.39 is 34.1 Å². The number of aromatic nitrogens is 3. The summed E-state index contributed by atoms with van der Waals surface area (Å²) in [6.45, 7) is -0.367. The summed E-state index contributed by atoms with van der Waals surface area (Å²) in [5.74, 6) is -1.55. The fourth-order valence-corrected chi connectivity index (χ4v) is 3.82. The third-order valence-electron chi connectivity index (χ3n) is 4.38. The van der Waals surface area contributed by atoms with Crippen molar-refractivity contribution in [3.63, 3.8) is 0 Å². The lowest BCUT2D eigenvalue weighted by molar-refractivity contribution is -0.274. The standard InChI is InChI=1S/C19H19F3N6O6S/c1-28(2)16(24)18(29)32-9-14-26-27-17(33-14)15-13(23)7-12(8-25-15)35(30,31)11-5-3-10(4-6-11)34-19(20,21)22/h3-8,16H,9,23-24H2,1-2H3/t16-/m0/s1. The molecule has 0 radical (unpaired) electrons. The number of rotatable bonds is 8. The number of esters is 1. The van der Waals surface area contributed by atoms with E-state index in [0.29, 0.717) is 0 Å². The third kappa shape index (κ3) is 6.23. The van der Waals surface area contributed by atoms with Gasteiger partial charge in [-0.15, -0.1) is 23.4 Å². The monoisotopic (exact) mass is 516 g/mol. The zero-order chi connectivity index (χ0) is 26.0. The van der Waals surface area contributed by atoms with Gasteiger partial charge in [0.1, 0.15) is 5.75 Å². The smallest absolute Gasteiger partial charge is 0.453 e. The van der Waals surface area contributed by atoms with Gasteiger partial charge in [-0.3, -0.25) is 4.90 Å². The first-order chi connectivity index (χ1) is 16.3. The van der Waals surface area contributed by atoms with E-state index in [9.17, 15) is 26.4 Å². The second kappa shape index (κ2) is 9.85. The van der Waals surface area contributed by atoms with Crippen molar-refractivity contribution >= 4 is 21.5 Å². The van der Waals surface area contributed by atoms with Gasteiger partial charge in [0.25, 0.3) is 11.8 Å². The number of nitrogens with zero attached hydrogens (tertiary/aromatic N) is 4. The van der Waals surface area contributed by atoms with Gasteiger partial charge in [0.2, 0.25) is 9.84 Å². The van der Waals surface area contributed by atoms with Crippen molar-refractivity contribution in [1.82, 2.24) is 20.1 Å². The number of hydrogen-bond donors (Lipinski definition) is 2. The summed E-state index contributed by atoms with van der Waals surface area (Å²) >= 11 is 0. The number of ether oxygens (including phenoxy) is 2. The molecule has 1 aromatic carbocycles. The summed E-state index contributed by atoms with van der Waals surface area (Å²) in [7, 11) is -0.989. The summed E-state index contributed by atoms with van der Waals surface area (Å²) in [6.07, 6.45) is -4.93. The molecule has 0 aliphatic carbocycles. The maximum Gasteiger partial charge on any atom is 0.573 e. The molecule has 0 amide bonds. The van der Waals surface area contributed by atoms with E-state index in [-0.39, 0.29) is 39.6 Å². The first-order valence-electron chi connectivity index (χ1n) is 9.56. The van der Waals surface area contributed by atoms with E-state index in [0.717, 1.165) is 36.5 Å². The quantitative estimate of drug-likeness (QED) is 0.325. The summed E-state index contributed by atoms with van der Waals surface area (Å²) in [6, 6.07) is 4.72. The number of carbonyl (C=O) groups excluding carboxylic acids is 1. The van der Waals surface area contributed by atoms with Crippen LogP contribution in [-0.2, 0) is 26.0 Å². The average Bonchev–Trinajstić information content (AvgIpc) is 3.24. The molecule has 0 bridgehead atoms. The lowest BCUT2D eigenvalue weighted by Gasteiger charge is -2.17. The molecule has 0 aliphatic heterocycles. The molecule has 0 saturated carbocycles. The first-order valence-corrected chi connectivity index (χ1v) is 11.0. The van der Waals surface area contributed by atoms with Crippen molar-refractivity contribution in [2.45, 2.75) is 28.9 Å². The molecule has 3 aromatic rings. The van der Waals surface area contributed by atoms with Crippen molar-refractivity contribution in [3.8, 4) is 17.3 Å². The Bertz CT molecular complexity index is 1310. The van der Waals surface area contributed by atoms with Crippen LogP contribution in [0.2, 0.25) is 0 Å². The van der Waals surface area contributed by atoms with E-state index >= 15 is 0 Å². The fourth-order valence-electron chi connectivity index (χ4n) is 2.58. The Hall–Kier alpha value is -3.76. The fraction of sp³-hybridized carbons (Fsp3) is 0.263. The van der Waals surface area contributed by atoms with Crippen LogP contribution in [0, 0.1) is 0 Å². The lowest BCUT2D eigenvalue weighted by Crippen LogP contribution is -2.44. The third-order valence-corrected chi connectivity index (χ3v) is 6.11. The van der Waals surface area contributed by atoms with E-state index in [1.54, 1.807) is 14.1 Å². The Kier molecular flexibility index (Phi) is 7.27. The number of likely N-dealkylation sites (N-methyl/N-ethyl adjacent to an activating group) is 1. The molecule has 0 spiro atoms. The Labute approximate surface area is 196 Å². The second-order valence-electron chi connectivity index (χ2n) is 7.15. The van der Waals surface area contributed by atoms with Crippen molar-refractivity contribution in [1.29, 1.82) is 0 Å². The molecule has 3 rings (SSSR count). The molecule has 2 heterocycles. The minimum absolute atomic E-state index is 0.0343. The maximum atomic E-state index is 12.8. The number of alkyl halides is 3. The van der Waals surface area contributed by atoms with Crippen molar-refractivity contribution in [3.05, 3.63) is 42.4 Å². The molecule has 16 heteroatoms. The van der Waals surface area contributed by atoms with Crippen LogP contribution >= 0.6 is 0 Å². The topological polar surface area (TPSA) is 177 Å². The molecule has 1 atom stereocenters. The minimum Gasteiger partial charge on any atom is -0.453 e. The van der Waals surface area contributed by atoms with Gasteiger partial charge in [-0.25, -0.2) is 18.2 Å². The SMILES string of the molecule is CN(C)[C@H](N)C(=O)OCc1nnc(-c2ncc(S(=O)(=O)c3ccc(OC(F)(F)F)cc3)cc2N)o1. The minimum atomic E-state index is -4.91. The highest BCUT2D eigenvalue weighted by Gasteiger charge is 2.31. The molecule has 12 nitrogen and oxygen atoms in total. The molecule has 188 valence electrons. The molecule has 0 saturated heterocycles. The van der Waals surface area contributed by atoms with Gasteiger partial charge >= 0.3 is 12.3 Å². The Morgan fingerprint density at radius 3 is 2.40 bits per heavy atom. The largest absolute Gasteiger partial charge is 0.573 e. The number of sulfone groups is 1. The van der Waals surface area contributed by atoms with Crippen LogP contribution in [-0.4, -0.2) is 61.1 Å². The molecular weight excluding hydrogens is 497 g/mol. The van der Waals surface area contributed by atoms with E-state index in [1.165, 1.54) is 4.90 Å². The van der Waals surface area contributed by atoms with Crippen LogP contribution in [0.1, 0.15) is 5.89 Å². The normalized spacial score (nSPS) is 13.0. The predicted octanol–water partition coefficient (Wildman–Crippen LogP) is 1.33. The molecule has 2 aromatic heterocycles. The van der Waals surface area contributed by atoms with Gasteiger partial charge < -0.3 is 25.4 Å². The van der Waals surface area contributed by atoms with Crippen LogP contribution in [0.3, 0.4) is 0 Å². The van der Waals surface area contributed by atoms with Crippen LogP contribution in [0.25, 0.3) is 11.6 Å². The van der Waals surface area contributed by atoms with Crippen LogP contribution in [0.4, 0.5) is 18.9 Å². The first kappa shape index (κ1) is 25.9. The Morgan fingerprint density at radius 1 is 1.17 bits per heavy atom. The highest BCUT2D eigenvalue weighted by atomic mass is 32.2. The molecule has 0 fully saturated rings. The zero-order valence-electron chi connectivity index (χ0n) is 18.2. The molecule has 4 N–H and O–H groups in total. The Balaban J connectivity index is 1.76. The number of nitrogen functional groups attached to an aromatic ring is 1. The van der Waals surface area contributed by atoms with Crippen LogP contribution in [0.15, 0.2) is 50.7 Å². The highest BCUT2D eigenvalue weighted by Crippen LogP contribution is 2.29. The molecule has 0 aliphatic rings. The summed E-state index contributed by atoms with van der Waals surface area (Å²) in [5, 5.41) is 7.45. The summed E-state index contributed by atoms with van der Waals surface area (Å²) in [4.78, 5) is 16.6. The Morgan fingerprint density at radius 2 is 1.83 bits per heavy atom. The van der Waals surface area contributed by atoms with Gasteiger partial charge in [-0.1, -0.05) is 0 Å². The lowest BCUT2D eigenvalue weighted by atomic mass is 10.3. The van der Waals surface area contributed by atoms with Gasteiger partial charge in [-0.2, -0.15) is 0 Å². The maximum absolute atomic E-state index is 12.8. The number of hydrogen-bond acceptors (Lipinski definition) is 12. The van der Waals surface area contributed by atoms with E-state index in [1.807, 2.05) is 0 Å². The molecule has 0 unspecified atom stereocenters. The number of anilines is 1. The van der Waals surface area contributed by atoms with Gasteiger partial charge in [0.05, 0.1) is 15.5 Å². The zero-order valence-corrected chi connectivity index (χ0v) is 19.0. The summed E-state index contributed by atoms with van der Waals surface area (Å²) < 4.78 is 76.6. The predicted molar refractivity (Wildman–Crippen MR) is 112 cm³/mol. The van der Waals surface area contributed by atoms with Gasteiger partial charge in [0.15, 0.2) is 18.5 Å². The highest BCUT2D eigenvalue weighted by molar-refractivity contribution is 7.91. The van der Waals surface area contributed by atoms with E-state index in [2.05, 4.69) is 19.9 Å². The van der Waals surface area contributed by atoms with Crippen LogP contribution in [0.5, 0.6) is 5.75 Å². The number of nitrogens with two attached hydrogens (primary N) is 2. The number of benzene rings is 1. The molecular formula is C19H19F3N6O6S. The van der Waals surface area contributed by atoms with Crippen LogP contribution < -0.4 is 16.2 Å². The van der Waals surface area contributed by atoms with Gasteiger partial charge in [0, 0.05) is 6.20 Å². The van der Waals surface area contributed by atoms with Crippen molar-refractivity contribution < 1.29 is 40.3 Å². The number of carbonyl (C=O) groups is 1. The van der Waals surface area contributed by atoms with Crippen molar-refractivity contribution in [2.24, 2.45) is 5.73 Å².